The van der Waals surface area contributed by atoms with E-state index in [1.165, 1.54) is 11.1 Å². The van der Waals surface area contributed by atoms with Gasteiger partial charge in [0.1, 0.15) is 12.2 Å². The molecule has 6 rings (SSSR count). The minimum atomic E-state index is -0.282. The van der Waals surface area contributed by atoms with Gasteiger partial charge in [-0.25, -0.2) is 4.79 Å². The number of rotatable bonds is 10. The molecule has 0 amide bonds. The van der Waals surface area contributed by atoms with Crippen LogP contribution in [-0.4, -0.2) is 69.8 Å². The van der Waals surface area contributed by atoms with Crippen LogP contribution in [0, 0.1) is 5.92 Å². The monoisotopic (exact) mass is 505 g/mol. The number of piperidine rings is 1. The van der Waals surface area contributed by atoms with Gasteiger partial charge in [0.25, 0.3) is 0 Å². The first-order valence-electron chi connectivity index (χ1n) is 13.3. The zero-order chi connectivity index (χ0) is 25.4. The van der Waals surface area contributed by atoms with Gasteiger partial charge in [-0.2, -0.15) is 0 Å². The number of esters is 1. The molecule has 1 fully saturated rings. The molecule has 2 aliphatic carbocycles. The zero-order valence-corrected chi connectivity index (χ0v) is 21.6. The summed E-state index contributed by atoms with van der Waals surface area (Å²) in [6.45, 7) is 2.19. The Morgan fingerprint density at radius 1 is 1.11 bits per heavy atom. The number of hydrogen-bond acceptors (Lipinski definition) is 7. The summed E-state index contributed by atoms with van der Waals surface area (Å²) in [5, 5.41) is 0. The molecule has 0 unspecified atom stereocenters. The van der Waals surface area contributed by atoms with E-state index in [1.54, 1.807) is 19.2 Å². The van der Waals surface area contributed by atoms with Crippen LogP contribution in [0.25, 0.3) is 0 Å². The summed E-state index contributed by atoms with van der Waals surface area (Å²) in [4.78, 5) is 14.6. The SMILES string of the molecule is COCOc1ccc2c3c1O[C@H]1[C@@H](OCCCCOC(=O)c4ccccc4)C=C[C@H]4[C@@H](C2)N(C)CC[C@@]341. The molecule has 1 spiro atoms. The Balaban J connectivity index is 1.14. The second-order valence-electron chi connectivity index (χ2n) is 10.5. The second kappa shape index (κ2) is 10.1. The lowest BCUT2D eigenvalue weighted by molar-refractivity contribution is -0.0718. The van der Waals surface area contributed by atoms with Gasteiger partial charge in [0.15, 0.2) is 18.3 Å². The van der Waals surface area contributed by atoms with Crippen LogP contribution in [0.2, 0.25) is 0 Å². The molecule has 4 aliphatic rings. The summed E-state index contributed by atoms with van der Waals surface area (Å²) in [7, 11) is 3.87. The molecule has 2 aliphatic heterocycles. The van der Waals surface area contributed by atoms with Gasteiger partial charge >= 0.3 is 5.97 Å². The number of benzene rings is 2. The zero-order valence-electron chi connectivity index (χ0n) is 21.6. The number of likely N-dealkylation sites (tertiary alicyclic amines) is 1. The number of hydrogen-bond donors (Lipinski definition) is 0. The third-order valence-corrected chi connectivity index (χ3v) is 8.54. The minimum absolute atomic E-state index is 0.0871. The quantitative estimate of drug-likeness (QED) is 0.208. The van der Waals surface area contributed by atoms with Crippen LogP contribution >= 0.6 is 0 Å². The first-order valence-corrected chi connectivity index (χ1v) is 13.3. The van der Waals surface area contributed by atoms with Gasteiger partial charge < -0.3 is 28.6 Å². The van der Waals surface area contributed by atoms with E-state index in [0.29, 0.717) is 30.7 Å². The highest BCUT2D eigenvalue weighted by Gasteiger charge is 2.64. The van der Waals surface area contributed by atoms with Crippen LogP contribution < -0.4 is 9.47 Å². The molecule has 2 heterocycles. The number of unbranched alkanes of at least 4 members (excludes halogenated alkanes) is 1. The van der Waals surface area contributed by atoms with Crippen LogP contribution in [0.3, 0.4) is 0 Å². The van der Waals surface area contributed by atoms with Crippen molar-refractivity contribution in [1.29, 1.82) is 0 Å². The molecule has 2 aromatic carbocycles. The number of likely N-dealkylation sites (N-methyl/N-ethyl adjacent to an activating group) is 1. The summed E-state index contributed by atoms with van der Waals surface area (Å²) < 4.78 is 29.7. The second-order valence-corrected chi connectivity index (χ2v) is 10.5. The van der Waals surface area contributed by atoms with E-state index >= 15 is 0 Å². The average Bonchev–Trinajstić information content (AvgIpc) is 3.28. The maximum absolute atomic E-state index is 12.1. The Kier molecular flexibility index (Phi) is 6.69. The van der Waals surface area contributed by atoms with Crippen molar-refractivity contribution in [3.05, 3.63) is 71.3 Å². The molecule has 2 bridgehead atoms. The topological polar surface area (TPSA) is 66.5 Å². The fraction of sp³-hybridized carbons (Fsp3) is 0.500. The molecule has 7 nitrogen and oxygen atoms in total. The third-order valence-electron chi connectivity index (χ3n) is 8.54. The van der Waals surface area contributed by atoms with E-state index in [9.17, 15) is 4.79 Å². The van der Waals surface area contributed by atoms with E-state index in [2.05, 4.69) is 30.2 Å². The molecule has 37 heavy (non-hydrogen) atoms. The number of carbonyl (C=O) groups is 1. The first-order chi connectivity index (χ1) is 18.1. The van der Waals surface area contributed by atoms with E-state index in [1.807, 2.05) is 24.3 Å². The summed E-state index contributed by atoms with van der Waals surface area (Å²) in [5.41, 5.74) is 3.17. The average molecular weight is 506 g/mol. The molecular formula is C30H35NO6. The lowest BCUT2D eigenvalue weighted by Gasteiger charge is -2.56. The molecule has 1 saturated heterocycles. The highest BCUT2D eigenvalue weighted by atomic mass is 16.7. The lowest BCUT2D eigenvalue weighted by Crippen LogP contribution is -2.65. The van der Waals surface area contributed by atoms with Gasteiger partial charge in [-0.3, -0.25) is 0 Å². The molecule has 0 radical (unpaired) electrons. The van der Waals surface area contributed by atoms with E-state index in [4.69, 9.17) is 23.7 Å². The van der Waals surface area contributed by atoms with E-state index in [0.717, 1.165) is 43.7 Å². The van der Waals surface area contributed by atoms with Crippen LogP contribution in [0.15, 0.2) is 54.6 Å². The summed E-state index contributed by atoms with van der Waals surface area (Å²) in [6.07, 6.45) is 7.97. The van der Waals surface area contributed by atoms with Crippen LogP contribution in [0.1, 0.15) is 40.7 Å². The smallest absolute Gasteiger partial charge is 0.338 e. The normalized spacial score (nSPS) is 28.9. The van der Waals surface area contributed by atoms with Crippen molar-refractivity contribution < 1.29 is 28.5 Å². The Bertz CT molecular complexity index is 1170. The van der Waals surface area contributed by atoms with Gasteiger partial charge in [0.05, 0.1) is 12.2 Å². The molecule has 196 valence electrons. The summed E-state index contributed by atoms with van der Waals surface area (Å²) >= 11 is 0. The predicted octanol–water partition coefficient (Wildman–Crippen LogP) is 4.14. The van der Waals surface area contributed by atoms with Crippen LogP contribution in [0.5, 0.6) is 11.5 Å². The maximum Gasteiger partial charge on any atom is 0.338 e. The molecule has 0 aromatic heterocycles. The Morgan fingerprint density at radius 2 is 1.95 bits per heavy atom. The molecule has 0 saturated carbocycles. The minimum Gasteiger partial charge on any atom is -0.482 e. The summed E-state index contributed by atoms with van der Waals surface area (Å²) in [6, 6.07) is 13.8. The summed E-state index contributed by atoms with van der Waals surface area (Å²) in [5.74, 6) is 1.73. The maximum atomic E-state index is 12.1. The van der Waals surface area contributed by atoms with Gasteiger partial charge in [0, 0.05) is 36.7 Å². The standard InChI is InChI=1S/C30H35NO6/c1-31-15-14-30-22-11-13-25(34-16-6-7-17-35-29(32)20-8-4-3-5-9-20)28(30)37-27-24(36-19-33-2)12-10-21(26(27)30)18-23(22)31/h3-5,8-13,22-23,25,28H,6-7,14-19H2,1-2H3/t22-,23+,25-,28-,30-/m0/s1. The Morgan fingerprint density at radius 3 is 2.78 bits per heavy atom. The van der Waals surface area contributed by atoms with Crippen molar-refractivity contribution in [2.75, 3.05) is 40.7 Å². The van der Waals surface area contributed by atoms with Crippen molar-refractivity contribution in [3.8, 4) is 11.5 Å². The van der Waals surface area contributed by atoms with Crippen molar-refractivity contribution >= 4 is 5.97 Å². The van der Waals surface area contributed by atoms with E-state index < -0.39 is 0 Å². The molecule has 2 aromatic rings. The lowest BCUT2D eigenvalue weighted by atomic mass is 9.53. The fourth-order valence-electron chi connectivity index (χ4n) is 6.83. The molecule has 5 atom stereocenters. The molecule has 7 heteroatoms. The number of methoxy groups -OCH3 is 1. The van der Waals surface area contributed by atoms with E-state index in [-0.39, 0.29) is 30.4 Å². The molecule has 0 N–H and O–H groups in total. The van der Waals surface area contributed by atoms with Crippen LogP contribution in [0.4, 0.5) is 0 Å². The largest absolute Gasteiger partial charge is 0.482 e. The van der Waals surface area contributed by atoms with Gasteiger partial charge in [-0.1, -0.05) is 36.4 Å². The van der Waals surface area contributed by atoms with Crippen LogP contribution in [-0.2, 0) is 26.0 Å². The van der Waals surface area contributed by atoms with Crippen molar-refractivity contribution in [2.24, 2.45) is 5.92 Å². The molecular weight excluding hydrogens is 470 g/mol. The number of ether oxygens (including phenoxy) is 5. The Hall–Kier alpha value is -2.87. The third kappa shape index (κ3) is 4.13. The highest BCUT2D eigenvalue weighted by molar-refractivity contribution is 5.89. The van der Waals surface area contributed by atoms with Crippen molar-refractivity contribution in [2.45, 2.75) is 49.3 Å². The van der Waals surface area contributed by atoms with Gasteiger partial charge in [0.2, 0.25) is 0 Å². The first kappa shape index (κ1) is 24.5. The van der Waals surface area contributed by atoms with Gasteiger partial charge in [-0.05, 0) is 63.0 Å². The number of carbonyl (C=O) groups excluding carboxylic acids is 1. The number of nitrogens with zero attached hydrogens (tertiary/aromatic N) is 1. The highest BCUT2D eigenvalue weighted by Crippen LogP contribution is 2.62. The Labute approximate surface area is 218 Å². The van der Waals surface area contributed by atoms with Crippen molar-refractivity contribution in [3.63, 3.8) is 0 Å². The fourth-order valence-corrected chi connectivity index (χ4v) is 6.83. The van der Waals surface area contributed by atoms with Crippen molar-refractivity contribution in [1.82, 2.24) is 4.90 Å². The predicted molar refractivity (Wildman–Crippen MR) is 138 cm³/mol. The van der Waals surface area contributed by atoms with Gasteiger partial charge in [-0.15, -0.1) is 0 Å².